The molecule has 2 rings (SSSR count). The summed E-state index contributed by atoms with van der Waals surface area (Å²) in [7, 11) is 0. The first-order chi connectivity index (χ1) is 7.34. The lowest BCUT2D eigenvalue weighted by Crippen LogP contribution is -2.33. The summed E-state index contributed by atoms with van der Waals surface area (Å²) in [5.41, 5.74) is 5.86. The minimum Gasteiger partial charge on any atom is -0.376 e. The molecular weight excluding hydrogens is 190 g/mol. The third kappa shape index (κ3) is 3.74. The van der Waals surface area contributed by atoms with Crippen LogP contribution < -0.4 is 5.73 Å². The Morgan fingerprint density at radius 3 is 2.53 bits per heavy atom. The minimum atomic E-state index is 0.356. The summed E-state index contributed by atoms with van der Waals surface area (Å²) in [5, 5.41) is 0. The molecule has 1 unspecified atom stereocenters. The van der Waals surface area contributed by atoms with Crippen molar-refractivity contribution < 1.29 is 9.47 Å². The van der Waals surface area contributed by atoms with Crippen LogP contribution >= 0.6 is 0 Å². The molecule has 88 valence electrons. The smallest absolute Gasteiger partial charge is 0.0808 e. The highest BCUT2D eigenvalue weighted by Gasteiger charge is 2.21. The van der Waals surface area contributed by atoms with E-state index in [2.05, 4.69) is 0 Å². The zero-order valence-corrected chi connectivity index (χ0v) is 9.49. The Morgan fingerprint density at radius 2 is 1.87 bits per heavy atom. The van der Waals surface area contributed by atoms with Crippen LogP contribution in [0.2, 0.25) is 0 Å². The molecule has 2 aliphatic rings. The second-order valence-electron chi connectivity index (χ2n) is 4.86. The molecule has 1 atom stereocenters. The van der Waals surface area contributed by atoms with Crippen LogP contribution in [0.5, 0.6) is 0 Å². The predicted molar refractivity (Wildman–Crippen MR) is 59.8 cm³/mol. The van der Waals surface area contributed by atoms with Crippen LogP contribution in [0.1, 0.15) is 44.9 Å². The Bertz CT molecular complexity index is 172. The van der Waals surface area contributed by atoms with Gasteiger partial charge in [-0.1, -0.05) is 0 Å². The van der Waals surface area contributed by atoms with Crippen molar-refractivity contribution in [3.63, 3.8) is 0 Å². The van der Waals surface area contributed by atoms with Gasteiger partial charge in [-0.3, -0.25) is 0 Å². The fourth-order valence-electron chi connectivity index (χ4n) is 2.44. The molecule has 15 heavy (non-hydrogen) atoms. The van der Waals surface area contributed by atoms with Crippen molar-refractivity contribution in [3.05, 3.63) is 0 Å². The molecule has 1 aliphatic carbocycles. The van der Waals surface area contributed by atoms with Gasteiger partial charge in [0.05, 0.1) is 18.8 Å². The maximum atomic E-state index is 5.89. The quantitative estimate of drug-likeness (QED) is 0.778. The van der Waals surface area contributed by atoms with Gasteiger partial charge in [-0.2, -0.15) is 0 Å². The molecule has 2 N–H and O–H groups in total. The standard InChI is InChI=1S/C12H23NO2/c13-10-4-6-11(7-5-10)15-9-12-3-1-2-8-14-12/h10-12H,1-9,13H2. The summed E-state index contributed by atoms with van der Waals surface area (Å²) in [4.78, 5) is 0. The summed E-state index contributed by atoms with van der Waals surface area (Å²) in [5.74, 6) is 0. The van der Waals surface area contributed by atoms with Crippen LogP contribution in [0.15, 0.2) is 0 Å². The average Bonchev–Trinajstić information content (AvgIpc) is 2.30. The Kier molecular flexibility index (Phi) is 4.42. The number of nitrogens with two attached hydrogens (primary N) is 1. The van der Waals surface area contributed by atoms with Gasteiger partial charge >= 0.3 is 0 Å². The van der Waals surface area contributed by atoms with E-state index in [4.69, 9.17) is 15.2 Å². The highest BCUT2D eigenvalue weighted by Crippen LogP contribution is 2.21. The van der Waals surface area contributed by atoms with E-state index in [1.54, 1.807) is 0 Å². The van der Waals surface area contributed by atoms with E-state index in [9.17, 15) is 0 Å². The molecule has 0 aromatic carbocycles. The second-order valence-corrected chi connectivity index (χ2v) is 4.86. The summed E-state index contributed by atoms with van der Waals surface area (Å²) in [6, 6.07) is 0.413. The van der Waals surface area contributed by atoms with Crippen LogP contribution in [-0.2, 0) is 9.47 Å². The van der Waals surface area contributed by atoms with Crippen LogP contribution in [0.3, 0.4) is 0 Å². The molecule has 2 fully saturated rings. The van der Waals surface area contributed by atoms with Gasteiger partial charge < -0.3 is 15.2 Å². The van der Waals surface area contributed by atoms with Crippen molar-refractivity contribution in [2.75, 3.05) is 13.2 Å². The molecule has 3 heteroatoms. The molecular formula is C12H23NO2. The van der Waals surface area contributed by atoms with E-state index < -0.39 is 0 Å². The van der Waals surface area contributed by atoms with Crippen molar-refractivity contribution in [3.8, 4) is 0 Å². The highest BCUT2D eigenvalue weighted by atomic mass is 16.5. The van der Waals surface area contributed by atoms with Crippen LogP contribution in [0.25, 0.3) is 0 Å². The zero-order chi connectivity index (χ0) is 10.5. The van der Waals surface area contributed by atoms with Gasteiger partial charge in [0.1, 0.15) is 0 Å². The van der Waals surface area contributed by atoms with E-state index in [1.807, 2.05) is 0 Å². The summed E-state index contributed by atoms with van der Waals surface area (Å²) >= 11 is 0. The number of hydrogen-bond acceptors (Lipinski definition) is 3. The zero-order valence-electron chi connectivity index (χ0n) is 9.49. The molecule has 0 spiro atoms. The van der Waals surface area contributed by atoms with Crippen molar-refractivity contribution in [2.45, 2.75) is 63.2 Å². The SMILES string of the molecule is NC1CCC(OCC2CCCCO2)CC1. The molecule has 0 aromatic rings. The van der Waals surface area contributed by atoms with E-state index in [-0.39, 0.29) is 0 Å². The third-order valence-corrected chi connectivity index (χ3v) is 3.51. The van der Waals surface area contributed by atoms with E-state index in [1.165, 1.54) is 19.3 Å². The van der Waals surface area contributed by atoms with Crippen LogP contribution in [0, 0.1) is 0 Å². The van der Waals surface area contributed by atoms with Gasteiger partial charge in [-0.15, -0.1) is 0 Å². The van der Waals surface area contributed by atoms with Crippen molar-refractivity contribution in [1.82, 2.24) is 0 Å². The molecule has 1 saturated heterocycles. The van der Waals surface area contributed by atoms with Gasteiger partial charge in [0.2, 0.25) is 0 Å². The minimum absolute atomic E-state index is 0.356. The maximum absolute atomic E-state index is 5.89. The molecule has 1 saturated carbocycles. The molecule has 1 heterocycles. The van der Waals surface area contributed by atoms with Gasteiger partial charge in [-0.05, 0) is 44.9 Å². The number of rotatable bonds is 3. The van der Waals surface area contributed by atoms with Crippen molar-refractivity contribution >= 4 is 0 Å². The highest BCUT2D eigenvalue weighted by molar-refractivity contribution is 4.75. The number of ether oxygens (including phenoxy) is 2. The van der Waals surface area contributed by atoms with E-state index in [0.717, 1.165) is 38.9 Å². The van der Waals surface area contributed by atoms with Crippen LogP contribution in [-0.4, -0.2) is 31.5 Å². The molecule has 0 bridgehead atoms. The van der Waals surface area contributed by atoms with Gasteiger partial charge in [0.15, 0.2) is 0 Å². The summed E-state index contributed by atoms with van der Waals surface area (Å²) < 4.78 is 11.5. The molecule has 3 nitrogen and oxygen atoms in total. The molecule has 0 radical (unpaired) electrons. The maximum Gasteiger partial charge on any atom is 0.0808 e. The fraction of sp³-hybridized carbons (Fsp3) is 1.00. The Hall–Kier alpha value is -0.120. The Balaban J connectivity index is 1.60. The van der Waals surface area contributed by atoms with Crippen molar-refractivity contribution in [2.24, 2.45) is 5.73 Å². The van der Waals surface area contributed by atoms with E-state index >= 15 is 0 Å². The third-order valence-electron chi connectivity index (χ3n) is 3.51. The Morgan fingerprint density at radius 1 is 1.07 bits per heavy atom. The first kappa shape index (κ1) is 11.4. The number of hydrogen-bond donors (Lipinski definition) is 1. The summed E-state index contributed by atoms with van der Waals surface area (Å²) in [6.45, 7) is 1.71. The first-order valence-electron chi connectivity index (χ1n) is 6.33. The van der Waals surface area contributed by atoms with Crippen molar-refractivity contribution in [1.29, 1.82) is 0 Å². The second kappa shape index (κ2) is 5.83. The lowest BCUT2D eigenvalue weighted by Gasteiger charge is -2.29. The Labute approximate surface area is 92.3 Å². The normalized spacial score (nSPS) is 37.8. The van der Waals surface area contributed by atoms with Gasteiger partial charge in [0, 0.05) is 12.6 Å². The van der Waals surface area contributed by atoms with Gasteiger partial charge in [0.25, 0.3) is 0 Å². The van der Waals surface area contributed by atoms with Crippen LogP contribution in [0.4, 0.5) is 0 Å². The van der Waals surface area contributed by atoms with Gasteiger partial charge in [-0.25, -0.2) is 0 Å². The fourth-order valence-corrected chi connectivity index (χ4v) is 2.44. The predicted octanol–water partition coefficient (Wildman–Crippen LogP) is 1.84. The summed E-state index contributed by atoms with van der Waals surface area (Å²) in [6.07, 6.45) is 8.99. The largest absolute Gasteiger partial charge is 0.376 e. The lowest BCUT2D eigenvalue weighted by atomic mass is 9.94. The molecule has 1 aliphatic heterocycles. The molecule has 0 amide bonds. The van der Waals surface area contributed by atoms with E-state index in [0.29, 0.717) is 18.2 Å². The molecule has 0 aromatic heterocycles. The lowest BCUT2D eigenvalue weighted by molar-refractivity contribution is -0.0706. The monoisotopic (exact) mass is 213 g/mol. The average molecular weight is 213 g/mol. The first-order valence-corrected chi connectivity index (χ1v) is 6.33. The topological polar surface area (TPSA) is 44.5 Å².